The summed E-state index contributed by atoms with van der Waals surface area (Å²) in [6, 6.07) is 7.61. The Morgan fingerprint density at radius 3 is 2.89 bits per heavy atom. The third-order valence-electron chi connectivity index (χ3n) is 4.45. The molecule has 0 unspecified atom stereocenters. The predicted octanol–water partition coefficient (Wildman–Crippen LogP) is 2.47. The van der Waals surface area contributed by atoms with Crippen molar-refractivity contribution >= 4 is 23.5 Å². The number of aryl methyl sites for hydroxylation is 1. The molecule has 1 atom stereocenters. The Bertz CT molecular complexity index is 1040. The Morgan fingerprint density at radius 2 is 2.04 bits per heavy atom. The van der Waals surface area contributed by atoms with Crippen LogP contribution in [0, 0.1) is 6.92 Å². The first-order valence-corrected chi connectivity index (χ1v) is 9.43. The molecule has 0 radical (unpaired) electrons. The zero-order chi connectivity index (χ0) is 18.4. The van der Waals surface area contributed by atoms with Gasteiger partial charge in [0.25, 0.3) is 5.95 Å². The lowest BCUT2D eigenvalue weighted by Gasteiger charge is -2.15. The van der Waals surface area contributed by atoms with Crippen LogP contribution in [0.15, 0.2) is 36.7 Å². The zero-order valence-electron chi connectivity index (χ0n) is 14.4. The molecule has 136 valence electrons. The van der Waals surface area contributed by atoms with E-state index in [0.717, 1.165) is 28.3 Å². The third-order valence-corrected chi connectivity index (χ3v) is 5.72. The number of carbonyl (C=O) groups is 1. The number of aromatic nitrogens is 4. The number of benzene rings is 1. The monoisotopic (exact) mass is 381 g/mol. The van der Waals surface area contributed by atoms with E-state index in [9.17, 15) is 4.79 Å². The van der Waals surface area contributed by atoms with Crippen LogP contribution < -0.4 is 14.8 Å². The normalized spacial score (nSPS) is 18.0. The highest BCUT2D eigenvalue weighted by molar-refractivity contribution is 8.00. The molecule has 2 aliphatic rings. The van der Waals surface area contributed by atoms with Crippen LogP contribution in [-0.2, 0) is 4.79 Å². The first-order chi connectivity index (χ1) is 13.2. The number of amides is 1. The lowest BCUT2D eigenvalue weighted by atomic mass is 10.0. The second kappa shape index (κ2) is 6.27. The van der Waals surface area contributed by atoms with E-state index in [0.29, 0.717) is 17.5 Å². The van der Waals surface area contributed by atoms with E-state index in [-0.39, 0.29) is 18.0 Å². The Balaban J connectivity index is 1.66. The second-order valence-corrected chi connectivity index (χ2v) is 7.25. The van der Waals surface area contributed by atoms with Crippen molar-refractivity contribution in [2.24, 2.45) is 0 Å². The highest BCUT2D eigenvalue weighted by Gasteiger charge is 2.32. The molecule has 8 nitrogen and oxygen atoms in total. The molecular formula is C18H15N5O3S. The number of thioether (sulfide) groups is 1. The molecule has 0 spiro atoms. The number of nitrogens with zero attached hydrogens (tertiary/aromatic N) is 4. The van der Waals surface area contributed by atoms with E-state index in [1.54, 1.807) is 34.9 Å². The van der Waals surface area contributed by atoms with Crippen molar-refractivity contribution in [3.63, 3.8) is 0 Å². The molecule has 3 aromatic rings. The number of hydrogen-bond donors (Lipinski definition) is 1. The Hall–Kier alpha value is -3.07. The third kappa shape index (κ3) is 2.71. The van der Waals surface area contributed by atoms with Gasteiger partial charge in [0.15, 0.2) is 11.5 Å². The fourth-order valence-electron chi connectivity index (χ4n) is 3.27. The summed E-state index contributed by atoms with van der Waals surface area (Å²) in [7, 11) is 0. The van der Waals surface area contributed by atoms with Gasteiger partial charge < -0.3 is 14.8 Å². The summed E-state index contributed by atoms with van der Waals surface area (Å²) in [5, 5.41) is 7.48. The molecule has 27 heavy (non-hydrogen) atoms. The van der Waals surface area contributed by atoms with Gasteiger partial charge in [0.05, 0.1) is 16.7 Å². The summed E-state index contributed by atoms with van der Waals surface area (Å²) < 4.78 is 12.5. The van der Waals surface area contributed by atoms with Crippen LogP contribution in [0.1, 0.15) is 22.1 Å². The Morgan fingerprint density at radius 1 is 1.22 bits per heavy atom. The smallest absolute Gasteiger partial charge is 0.252 e. The fraction of sp³-hybridized carbons (Fsp3) is 0.222. The summed E-state index contributed by atoms with van der Waals surface area (Å²) >= 11 is 1.55. The SMILES string of the molecule is Cc1nn(-c2ncccn2)c2c1[C@H](c1ccc3c(c1)OCO3)SCC(=O)N2. The van der Waals surface area contributed by atoms with E-state index in [1.807, 2.05) is 25.1 Å². The van der Waals surface area contributed by atoms with Crippen molar-refractivity contribution in [2.75, 3.05) is 17.9 Å². The van der Waals surface area contributed by atoms with Crippen LogP contribution in [-0.4, -0.2) is 38.2 Å². The molecule has 2 aliphatic heterocycles. The molecule has 0 fully saturated rings. The van der Waals surface area contributed by atoms with Gasteiger partial charge in [0, 0.05) is 18.0 Å². The highest BCUT2D eigenvalue weighted by Crippen LogP contribution is 2.46. The zero-order valence-corrected chi connectivity index (χ0v) is 15.2. The minimum Gasteiger partial charge on any atom is -0.454 e. The maximum atomic E-state index is 12.3. The van der Waals surface area contributed by atoms with Crippen LogP contribution in [0.25, 0.3) is 5.95 Å². The molecule has 1 aromatic carbocycles. The van der Waals surface area contributed by atoms with Crippen molar-refractivity contribution in [3.05, 3.63) is 53.5 Å². The summed E-state index contributed by atoms with van der Waals surface area (Å²) in [6.07, 6.45) is 3.29. The number of anilines is 1. The molecule has 9 heteroatoms. The van der Waals surface area contributed by atoms with Gasteiger partial charge in [-0.3, -0.25) is 4.79 Å². The molecular weight excluding hydrogens is 366 g/mol. The maximum Gasteiger partial charge on any atom is 0.252 e. The minimum absolute atomic E-state index is 0.0779. The average molecular weight is 381 g/mol. The van der Waals surface area contributed by atoms with Gasteiger partial charge in [0.2, 0.25) is 12.7 Å². The van der Waals surface area contributed by atoms with Gasteiger partial charge in [-0.25, -0.2) is 9.97 Å². The van der Waals surface area contributed by atoms with Crippen molar-refractivity contribution in [1.29, 1.82) is 0 Å². The van der Waals surface area contributed by atoms with Gasteiger partial charge in [-0.1, -0.05) is 6.07 Å². The number of nitrogens with one attached hydrogen (secondary N) is 1. The summed E-state index contributed by atoms with van der Waals surface area (Å²) in [6.45, 7) is 2.15. The number of carbonyl (C=O) groups excluding carboxylic acids is 1. The van der Waals surface area contributed by atoms with Crippen molar-refractivity contribution < 1.29 is 14.3 Å². The number of ether oxygens (including phenoxy) is 2. The largest absolute Gasteiger partial charge is 0.454 e. The van der Waals surface area contributed by atoms with E-state index in [4.69, 9.17) is 9.47 Å². The highest BCUT2D eigenvalue weighted by atomic mass is 32.2. The molecule has 0 saturated carbocycles. The first-order valence-electron chi connectivity index (χ1n) is 8.38. The quantitative estimate of drug-likeness (QED) is 0.729. The van der Waals surface area contributed by atoms with E-state index >= 15 is 0 Å². The molecule has 2 aromatic heterocycles. The number of hydrogen-bond acceptors (Lipinski definition) is 7. The van der Waals surface area contributed by atoms with Crippen LogP contribution >= 0.6 is 11.8 Å². The second-order valence-electron chi connectivity index (χ2n) is 6.16. The summed E-state index contributed by atoms with van der Waals surface area (Å²) in [5.41, 5.74) is 2.78. The minimum atomic E-state index is -0.0819. The van der Waals surface area contributed by atoms with Crippen molar-refractivity contribution in [2.45, 2.75) is 12.2 Å². The molecule has 1 N–H and O–H groups in total. The summed E-state index contributed by atoms with van der Waals surface area (Å²) in [5.74, 6) is 2.73. The lowest BCUT2D eigenvalue weighted by Crippen LogP contribution is -2.16. The topological polar surface area (TPSA) is 91.2 Å². The average Bonchev–Trinajstić information content (AvgIpc) is 3.23. The number of rotatable bonds is 2. The van der Waals surface area contributed by atoms with Crippen LogP contribution in [0.4, 0.5) is 5.82 Å². The van der Waals surface area contributed by atoms with Gasteiger partial charge in [-0.05, 0) is 30.7 Å². The molecule has 0 saturated heterocycles. The molecule has 5 rings (SSSR count). The molecule has 1 amide bonds. The molecule has 4 heterocycles. The Labute approximate surface area is 158 Å². The van der Waals surface area contributed by atoms with Crippen LogP contribution in [0.3, 0.4) is 0 Å². The van der Waals surface area contributed by atoms with E-state index in [2.05, 4.69) is 20.4 Å². The fourth-order valence-corrected chi connectivity index (χ4v) is 4.45. The van der Waals surface area contributed by atoms with Gasteiger partial charge in [-0.2, -0.15) is 9.78 Å². The molecule has 0 aliphatic carbocycles. The number of fused-ring (bicyclic) bond motifs is 2. The van der Waals surface area contributed by atoms with E-state index < -0.39 is 0 Å². The van der Waals surface area contributed by atoms with Crippen molar-refractivity contribution in [1.82, 2.24) is 19.7 Å². The molecule has 0 bridgehead atoms. The van der Waals surface area contributed by atoms with Crippen LogP contribution in [0.2, 0.25) is 0 Å². The lowest BCUT2D eigenvalue weighted by molar-refractivity contribution is -0.113. The van der Waals surface area contributed by atoms with Gasteiger partial charge in [0.1, 0.15) is 5.82 Å². The van der Waals surface area contributed by atoms with E-state index in [1.165, 1.54) is 0 Å². The van der Waals surface area contributed by atoms with Crippen LogP contribution in [0.5, 0.6) is 11.5 Å². The Kier molecular flexibility index (Phi) is 3.75. The predicted molar refractivity (Wildman–Crippen MR) is 99.4 cm³/mol. The first kappa shape index (κ1) is 16.1. The van der Waals surface area contributed by atoms with Crippen molar-refractivity contribution in [3.8, 4) is 17.4 Å². The van der Waals surface area contributed by atoms with Gasteiger partial charge in [-0.15, -0.1) is 11.8 Å². The van der Waals surface area contributed by atoms with Gasteiger partial charge >= 0.3 is 0 Å². The maximum absolute atomic E-state index is 12.3. The summed E-state index contributed by atoms with van der Waals surface area (Å²) in [4.78, 5) is 20.9. The standard InChI is InChI=1S/C18H15N5O3S/c1-10-15-16(11-3-4-12-13(7-11)26-9-25-12)27-8-14(24)21-17(15)23(22-10)18-19-5-2-6-20-18/h2-7,16H,8-9H2,1H3,(H,21,24)/t16-/m0/s1.